The molecule has 0 aromatic rings. The minimum absolute atomic E-state index is 0.139. The van der Waals surface area contributed by atoms with Crippen LogP contribution in [0.4, 0.5) is 0 Å². The molecule has 2 N–H and O–H groups in total. The van der Waals surface area contributed by atoms with Gasteiger partial charge < -0.3 is 15.4 Å². The minimum Gasteiger partial charge on any atom is -0.324 e. The van der Waals surface area contributed by atoms with Gasteiger partial charge in [0.15, 0.2) is 0 Å². The molecule has 0 aromatic heterocycles. The molecule has 0 saturated carbocycles. The molecule has 1 rings (SSSR count). The average Bonchev–Trinajstić information content (AvgIpc) is 2.40. The second kappa shape index (κ2) is 6.71. The summed E-state index contributed by atoms with van der Waals surface area (Å²) in [6.07, 6.45) is 3.48. The highest BCUT2D eigenvalue weighted by molar-refractivity contribution is 5.51. The van der Waals surface area contributed by atoms with Gasteiger partial charge in [-0.3, -0.25) is 0 Å². The number of hydrogen-bond donors (Lipinski definition) is 1. The molecule has 0 atom stereocenters. The number of carbonyl (C=O) groups is 1. The molecule has 0 aliphatic carbocycles. The van der Waals surface area contributed by atoms with Gasteiger partial charge in [0.05, 0.1) is 0 Å². The molecule has 0 amide bonds. The fourth-order valence-electron chi connectivity index (χ4n) is 0.875. The van der Waals surface area contributed by atoms with Crippen LogP contribution in [0.2, 0.25) is 0 Å². The zero-order valence-electron chi connectivity index (χ0n) is 6.55. The van der Waals surface area contributed by atoms with Crippen molar-refractivity contribution in [3.63, 3.8) is 0 Å². The van der Waals surface area contributed by atoms with Crippen molar-refractivity contribution in [3.8, 4) is 0 Å². The van der Waals surface area contributed by atoms with Gasteiger partial charge in [0.1, 0.15) is 6.29 Å². The number of nitrogens with zero attached hydrogens (tertiary/aromatic N) is 1. The van der Waals surface area contributed by atoms with Crippen molar-refractivity contribution in [1.82, 2.24) is 4.90 Å². The van der Waals surface area contributed by atoms with Gasteiger partial charge in [0, 0.05) is 6.54 Å². The van der Waals surface area contributed by atoms with Crippen LogP contribution in [-0.4, -0.2) is 37.9 Å². The number of nitrogens with two attached hydrogens (primary N) is 1. The zero-order chi connectivity index (χ0) is 7.82. The third-order valence-electron chi connectivity index (χ3n) is 1.43. The number of likely N-dealkylation sites (tertiary alicyclic amines) is 1. The van der Waals surface area contributed by atoms with Gasteiger partial charge in [-0.1, -0.05) is 0 Å². The van der Waals surface area contributed by atoms with Crippen LogP contribution in [0.15, 0.2) is 0 Å². The first-order valence-corrected chi connectivity index (χ1v) is 3.63. The quantitative estimate of drug-likeness (QED) is 0.521. The Kier molecular flexibility index (Phi) is 6.43. The molecule has 3 nitrogen and oxygen atoms in total. The summed E-state index contributed by atoms with van der Waals surface area (Å²) in [5.41, 5.74) is 4.66. The molecule has 1 fully saturated rings. The lowest BCUT2D eigenvalue weighted by Crippen LogP contribution is -2.10. The van der Waals surface area contributed by atoms with E-state index in [0.717, 1.165) is 0 Å². The van der Waals surface area contributed by atoms with Crippen molar-refractivity contribution in [3.05, 3.63) is 0 Å². The van der Waals surface area contributed by atoms with E-state index in [-0.39, 0.29) is 6.54 Å². The van der Waals surface area contributed by atoms with Crippen LogP contribution >= 0.6 is 0 Å². The van der Waals surface area contributed by atoms with Gasteiger partial charge in [0.2, 0.25) is 0 Å². The molecule has 3 heteroatoms. The van der Waals surface area contributed by atoms with Crippen LogP contribution in [0.25, 0.3) is 0 Å². The normalized spacial score (nSPS) is 17.8. The Balaban J connectivity index is 0.000000180. The molecule has 1 aliphatic rings. The van der Waals surface area contributed by atoms with Crippen LogP contribution in [0.1, 0.15) is 12.8 Å². The topological polar surface area (TPSA) is 46.3 Å². The molecular weight excluding hydrogens is 128 g/mol. The van der Waals surface area contributed by atoms with E-state index >= 15 is 0 Å². The third kappa shape index (κ3) is 5.72. The molecule has 0 radical (unpaired) electrons. The first-order chi connectivity index (χ1) is 4.81. The van der Waals surface area contributed by atoms with Gasteiger partial charge in [-0.15, -0.1) is 0 Å². The average molecular weight is 144 g/mol. The van der Waals surface area contributed by atoms with Crippen molar-refractivity contribution in [1.29, 1.82) is 0 Å². The summed E-state index contributed by atoms with van der Waals surface area (Å²) in [6, 6.07) is 0. The maximum absolute atomic E-state index is 9.05. The van der Waals surface area contributed by atoms with E-state index in [9.17, 15) is 0 Å². The van der Waals surface area contributed by atoms with Crippen molar-refractivity contribution in [2.75, 3.05) is 26.7 Å². The van der Waals surface area contributed by atoms with E-state index in [2.05, 4.69) is 17.7 Å². The molecule has 0 bridgehead atoms. The lowest BCUT2D eigenvalue weighted by atomic mass is 10.4. The second-order valence-corrected chi connectivity index (χ2v) is 2.41. The van der Waals surface area contributed by atoms with Crippen molar-refractivity contribution in [2.45, 2.75) is 12.8 Å². The Labute approximate surface area is 62.2 Å². The molecule has 0 spiro atoms. The first-order valence-electron chi connectivity index (χ1n) is 3.63. The maximum atomic E-state index is 9.05. The minimum atomic E-state index is 0.139. The first kappa shape index (κ1) is 9.59. The Morgan fingerprint density at radius 3 is 2.00 bits per heavy atom. The highest BCUT2D eigenvalue weighted by Gasteiger charge is 2.03. The summed E-state index contributed by atoms with van der Waals surface area (Å²) in [5, 5.41) is 0. The number of carbonyl (C=O) groups excluding carboxylic acids is 1. The molecule has 60 valence electrons. The van der Waals surface area contributed by atoms with E-state index < -0.39 is 0 Å². The van der Waals surface area contributed by atoms with Gasteiger partial charge >= 0.3 is 0 Å². The van der Waals surface area contributed by atoms with E-state index in [4.69, 9.17) is 4.79 Å². The third-order valence-corrected chi connectivity index (χ3v) is 1.43. The van der Waals surface area contributed by atoms with Crippen LogP contribution < -0.4 is 5.73 Å². The molecule has 0 aromatic carbocycles. The SMILES string of the molecule is CN1CCCC1.NCC=O. The van der Waals surface area contributed by atoms with E-state index in [0.29, 0.717) is 6.29 Å². The van der Waals surface area contributed by atoms with Gasteiger partial charge in [-0.05, 0) is 33.0 Å². The molecule has 1 heterocycles. The smallest absolute Gasteiger partial charge is 0.133 e. The largest absolute Gasteiger partial charge is 0.324 e. The summed E-state index contributed by atoms with van der Waals surface area (Å²) in [4.78, 5) is 11.4. The van der Waals surface area contributed by atoms with E-state index in [1.807, 2.05) is 0 Å². The summed E-state index contributed by atoms with van der Waals surface area (Å²) in [7, 11) is 2.17. The number of rotatable bonds is 1. The van der Waals surface area contributed by atoms with Crippen LogP contribution in [0.3, 0.4) is 0 Å². The standard InChI is InChI=1S/C5H11N.C2H5NO/c1-6-4-2-3-5-6;3-1-2-4/h2-5H2,1H3;2H,1,3H2. The molecule has 1 saturated heterocycles. The maximum Gasteiger partial charge on any atom is 0.133 e. The number of aldehydes is 1. The van der Waals surface area contributed by atoms with Gasteiger partial charge in [-0.25, -0.2) is 0 Å². The summed E-state index contributed by atoms with van der Waals surface area (Å²) < 4.78 is 0. The van der Waals surface area contributed by atoms with E-state index in [1.165, 1.54) is 25.9 Å². The lowest BCUT2D eigenvalue weighted by molar-refractivity contribution is -0.106. The summed E-state index contributed by atoms with van der Waals surface area (Å²) >= 11 is 0. The Hall–Kier alpha value is -0.410. The van der Waals surface area contributed by atoms with Crippen molar-refractivity contribution in [2.24, 2.45) is 5.73 Å². The monoisotopic (exact) mass is 144 g/mol. The summed E-state index contributed by atoms with van der Waals surface area (Å²) in [6.45, 7) is 2.78. The zero-order valence-corrected chi connectivity index (χ0v) is 6.55. The Bertz CT molecular complexity index is 79.7. The fourth-order valence-corrected chi connectivity index (χ4v) is 0.875. The molecule has 10 heavy (non-hydrogen) atoms. The van der Waals surface area contributed by atoms with Crippen molar-refractivity contribution >= 4 is 6.29 Å². The molecular formula is C7H16N2O. The fraction of sp³-hybridized carbons (Fsp3) is 0.857. The Morgan fingerprint density at radius 1 is 1.50 bits per heavy atom. The van der Waals surface area contributed by atoms with E-state index in [1.54, 1.807) is 0 Å². The van der Waals surface area contributed by atoms with Crippen LogP contribution in [0.5, 0.6) is 0 Å². The highest BCUT2D eigenvalue weighted by Crippen LogP contribution is 2.01. The highest BCUT2D eigenvalue weighted by atomic mass is 16.1. The van der Waals surface area contributed by atoms with Crippen LogP contribution in [0, 0.1) is 0 Å². The second-order valence-electron chi connectivity index (χ2n) is 2.41. The number of hydrogen-bond acceptors (Lipinski definition) is 3. The molecule has 0 unspecified atom stereocenters. The van der Waals surface area contributed by atoms with Crippen LogP contribution in [-0.2, 0) is 4.79 Å². The lowest BCUT2D eigenvalue weighted by Gasteiger charge is -2.01. The Morgan fingerprint density at radius 2 is 1.90 bits per heavy atom. The molecule has 1 aliphatic heterocycles. The predicted octanol–water partition coefficient (Wildman–Crippen LogP) is -0.144. The summed E-state index contributed by atoms with van der Waals surface area (Å²) in [5.74, 6) is 0. The van der Waals surface area contributed by atoms with Gasteiger partial charge in [-0.2, -0.15) is 0 Å². The van der Waals surface area contributed by atoms with Crippen molar-refractivity contribution < 1.29 is 4.79 Å². The predicted molar refractivity (Wildman–Crippen MR) is 41.8 cm³/mol. The van der Waals surface area contributed by atoms with Gasteiger partial charge in [0.25, 0.3) is 0 Å².